The Morgan fingerprint density at radius 1 is 1.12 bits per heavy atom. The number of carbonyl (C=O) groups is 2. The number of fused-ring (bicyclic) bond motifs is 1. The van der Waals surface area contributed by atoms with Gasteiger partial charge in [0.25, 0.3) is 5.91 Å². The Bertz CT molecular complexity index is 757. The second-order valence-corrected chi connectivity index (χ2v) is 5.73. The quantitative estimate of drug-likeness (QED) is 0.842. The molecule has 0 bridgehead atoms. The van der Waals surface area contributed by atoms with Crippen LogP contribution in [0.2, 0.25) is 0 Å². The molecule has 3 rings (SSSR count). The summed E-state index contributed by atoms with van der Waals surface area (Å²) in [7, 11) is 0. The van der Waals surface area contributed by atoms with Crippen molar-refractivity contribution in [3.05, 3.63) is 59.7 Å². The monoisotopic (exact) mass is 341 g/mol. The molecule has 1 aliphatic heterocycles. The van der Waals surface area contributed by atoms with Crippen molar-refractivity contribution >= 4 is 11.9 Å². The molecule has 1 atom stereocenters. The molecule has 6 heteroatoms. The summed E-state index contributed by atoms with van der Waals surface area (Å²) in [4.78, 5) is 23.8. The Hall–Kier alpha value is -3.02. The highest BCUT2D eigenvalue weighted by atomic mass is 16.6. The van der Waals surface area contributed by atoms with Crippen LogP contribution in [0.5, 0.6) is 11.5 Å². The first-order valence-corrected chi connectivity index (χ1v) is 7.99. The predicted octanol–water partition coefficient (Wildman–Crippen LogP) is 1.99. The first-order chi connectivity index (χ1) is 12.1. The van der Waals surface area contributed by atoms with Gasteiger partial charge in [-0.25, -0.2) is 4.79 Å². The SMILES string of the molecule is Cc1ccc(CNC(=O)COC(=O)[C@H]2COc3ccccc3O2)cc1. The number of amides is 1. The minimum Gasteiger partial charge on any atom is -0.485 e. The van der Waals surface area contributed by atoms with Crippen molar-refractivity contribution in [3.63, 3.8) is 0 Å². The summed E-state index contributed by atoms with van der Waals surface area (Å²) in [6, 6.07) is 14.9. The molecule has 1 N–H and O–H groups in total. The topological polar surface area (TPSA) is 73.9 Å². The van der Waals surface area contributed by atoms with Crippen molar-refractivity contribution in [2.24, 2.45) is 0 Å². The molecule has 0 aliphatic carbocycles. The third-order valence-electron chi connectivity index (χ3n) is 3.73. The number of hydrogen-bond acceptors (Lipinski definition) is 5. The highest BCUT2D eigenvalue weighted by Crippen LogP contribution is 2.31. The summed E-state index contributed by atoms with van der Waals surface area (Å²) in [5, 5.41) is 2.70. The van der Waals surface area contributed by atoms with Gasteiger partial charge in [-0.3, -0.25) is 4.79 Å². The van der Waals surface area contributed by atoms with Crippen LogP contribution in [0.1, 0.15) is 11.1 Å². The third-order valence-corrected chi connectivity index (χ3v) is 3.73. The number of hydrogen-bond donors (Lipinski definition) is 1. The Morgan fingerprint density at radius 3 is 2.60 bits per heavy atom. The zero-order chi connectivity index (χ0) is 17.6. The fourth-order valence-corrected chi connectivity index (χ4v) is 2.32. The molecule has 0 unspecified atom stereocenters. The maximum absolute atomic E-state index is 12.0. The van der Waals surface area contributed by atoms with E-state index < -0.39 is 12.1 Å². The van der Waals surface area contributed by atoms with Gasteiger partial charge in [0.15, 0.2) is 18.1 Å². The van der Waals surface area contributed by atoms with E-state index in [0.29, 0.717) is 18.0 Å². The van der Waals surface area contributed by atoms with Crippen LogP contribution >= 0.6 is 0 Å². The molecule has 0 spiro atoms. The zero-order valence-electron chi connectivity index (χ0n) is 13.9. The van der Waals surface area contributed by atoms with E-state index in [1.54, 1.807) is 18.2 Å². The van der Waals surface area contributed by atoms with Gasteiger partial charge in [0, 0.05) is 6.54 Å². The number of nitrogens with one attached hydrogen (secondary N) is 1. The zero-order valence-corrected chi connectivity index (χ0v) is 13.9. The van der Waals surface area contributed by atoms with Gasteiger partial charge in [0.2, 0.25) is 6.10 Å². The largest absolute Gasteiger partial charge is 0.485 e. The molecule has 0 saturated carbocycles. The molecule has 1 amide bonds. The lowest BCUT2D eigenvalue weighted by Crippen LogP contribution is -2.39. The van der Waals surface area contributed by atoms with Crippen molar-refractivity contribution in [3.8, 4) is 11.5 Å². The van der Waals surface area contributed by atoms with Crippen LogP contribution in [0.4, 0.5) is 0 Å². The predicted molar refractivity (Wildman–Crippen MR) is 90.3 cm³/mol. The number of carbonyl (C=O) groups excluding carboxylic acids is 2. The van der Waals surface area contributed by atoms with E-state index in [4.69, 9.17) is 14.2 Å². The summed E-state index contributed by atoms with van der Waals surface area (Å²) < 4.78 is 16.0. The van der Waals surface area contributed by atoms with E-state index in [-0.39, 0.29) is 19.1 Å². The van der Waals surface area contributed by atoms with Gasteiger partial charge in [-0.1, -0.05) is 42.0 Å². The van der Waals surface area contributed by atoms with Crippen molar-refractivity contribution < 1.29 is 23.8 Å². The third kappa shape index (κ3) is 4.50. The lowest BCUT2D eigenvalue weighted by molar-refractivity contribution is -0.157. The smallest absolute Gasteiger partial charge is 0.351 e. The minimum absolute atomic E-state index is 0.0564. The molecule has 6 nitrogen and oxygen atoms in total. The van der Waals surface area contributed by atoms with Gasteiger partial charge in [-0.2, -0.15) is 0 Å². The molecule has 0 saturated heterocycles. The number of ether oxygens (including phenoxy) is 3. The summed E-state index contributed by atoms with van der Waals surface area (Å²) >= 11 is 0. The Kier molecular flexibility index (Phi) is 5.18. The molecular weight excluding hydrogens is 322 g/mol. The molecule has 130 valence electrons. The van der Waals surface area contributed by atoms with Gasteiger partial charge < -0.3 is 19.5 Å². The van der Waals surface area contributed by atoms with Crippen molar-refractivity contribution in [1.29, 1.82) is 0 Å². The van der Waals surface area contributed by atoms with E-state index in [9.17, 15) is 9.59 Å². The lowest BCUT2D eigenvalue weighted by Gasteiger charge is -2.24. The van der Waals surface area contributed by atoms with Gasteiger partial charge in [0.05, 0.1) is 0 Å². The average Bonchev–Trinajstić information content (AvgIpc) is 2.65. The fraction of sp³-hybridized carbons (Fsp3) is 0.263. The van der Waals surface area contributed by atoms with Crippen LogP contribution in [0, 0.1) is 6.92 Å². The van der Waals surface area contributed by atoms with Crippen LogP contribution in [0.3, 0.4) is 0 Å². The van der Waals surface area contributed by atoms with Gasteiger partial charge >= 0.3 is 5.97 Å². The van der Waals surface area contributed by atoms with Gasteiger partial charge in [-0.05, 0) is 24.6 Å². The number of rotatable bonds is 5. The van der Waals surface area contributed by atoms with Crippen LogP contribution < -0.4 is 14.8 Å². The van der Waals surface area contributed by atoms with E-state index in [2.05, 4.69) is 5.32 Å². The number of esters is 1. The maximum atomic E-state index is 12.0. The molecule has 0 aromatic heterocycles. The highest BCUT2D eigenvalue weighted by molar-refractivity contribution is 5.82. The van der Waals surface area contributed by atoms with Crippen LogP contribution in [0.25, 0.3) is 0 Å². The van der Waals surface area contributed by atoms with Gasteiger partial charge in [0.1, 0.15) is 6.61 Å². The Morgan fingerprint density at radius 2 is 1.84 bits per heavy atom. The maximum Gasteiger partial charge on any atom is 0.351 e. The second kappa shape index (κ2) is 7.70. The normalized spacial score (nSPS) is 15.3. The van der Waals surface area contributed by atoms with Crippen LogP contribution in [0.15, 0.2) is 48.5 Å². The van der Waals surface area contributed by atoms with E-state index in [0.717, 1.165) is 11.1 Å². The second-order valence-electron chi connectivity index (χ2n) is 5.73. The minimum atomic E-state index is -0.875. The molecule has 25 heavy (non-hydrogen) atoms. The van der Waals surface area contributed by atoms with Crippen molar-refractivity contribution in [2.75, 3.05) is 13.2 Å². The summed E-state index contributed by atoms with van der Waals surface area (Å²) in [6.45, 7) is 2.08. The lowest BCUT2D eigenvalue weighted by atomic mass is 10.1. The van der Waals surface area contributed by atoms with Crippen molar-refractivity contribution in [1.82, 2.24) is 5.32 Å². The van der Waals surface area contributed by atoms with E-state index >= 15 is 0 Å². The molecule has 0 fully saturated rings. The Balaban J connectivity index is 1.43. The molecule has 1 heterocycles. The highest BCUT2D eigenvalue weighted by Gasteiger charge is 2.29. The summed E-state index contributed by atoms with van der Waals surface area (Å²) in [5.41, 5.74) is 2.13. The van der Waals surface area contributed by atoms with Crippen LogP contribution in [-0.2, 0) is 20.9 Å². The average molecular weight is 341 g/mol. The molecule has 1 aliphatic rings. The summed E-state index contributed by atoms with van der Waals surface area (Å²) in [5.74, 6) is 0.0768. The summed E-state index contributed by atoms with van der Waals surface area (Å²) in [6.07, 6.45) is -0.875. The van der Waals surface area contributed by atoms with Crippen LogP contribution in [-0.4, -0.2) is 31.2 Å². The first kappa shape index (κ1) is 16.8. The molecule has 2 aromatic carbocycles. The van der Waals surface area contributed by atoms with E-state index in [1.807, 2.05) is 37.3 Å². The standard InChI is InChI=1S/C19H19NO5/c1-13-6-8-14(9-7-13)10-20-18(21)12-24-19(22)17-11-23-15-4-2-3-5-16(15)25-17/h2-9,17H,10-12H2,1H3,(H,20,21)/t17-/m1/s1. The first-order valence-electron chi connectivity index (χ1n) is 7.99. The molecular formula is C19H19NO5. The Labute approximate surface area is 145 Å². The van der Waals surface area contributed by atoms with E-state index in [1.165, 1.54) is 0 Å². The number of benzene rings is 2. The van der Waals surface area contributed by atoms with Gasteiger partial charge in [-0.15, -0.1) is 0 Å². The number of para-hydroxylation sites is 2. The molecule has 0 radical (unpaired) electrons. The molecule has 2 aromatic rings. The van der Waals surface area contributed by atoms with Crippen molar-refractivity contribution in [2.45, 2.75) is 19.6 Å². The fourth-order valence-electron chi connectivity index (χ4n) is 2.32. The number of aryl methyl sites for hydroxylation is 1.